The summed E-state index contributed by atoms with van der Waals surface area (Å²) in [7, 11) is 0. The van der Waals surface area contributed by atoms with Crippen LogP contribution in [0.2, 0.25) is 5.02 Å². The van der Waals surface area contributed by atoms with Crippen molar-refractivity contribution < 1.29 is 4.79 Å². The van der Waals surface area contributed by atoms with Gasteiger partial charge in [0.2, 0.25) is 5.91 Å². The molecule has 2 nitrogen and oxygen atoms in total. The number of rotatable bonds is 4. The van der Waals surface area contributed by atoms with Gasteiger partial charge in [0, 0.05) is 21.8 Å². The largest absolute Gasteiger partial charge is 0.370 e. The van der Waals surface area contributed by atoms with Gasteiger partial charge in [-0.15, -0.1) is 0 Å². The van der Waals surface area contributed by atoms with E-state index >= 15 is 0 Å². The highest BCUT2D eigenvalue weighted by Crippen LogP contribution is 2.29. The molecule has 1 amide bonds. The summed E-state index contributed by atoms with van der Waals surface area (Å²) in [6, 6.07) is 15.4. The van der Waals surface area contributed by atoms with Crippen LogP contribution in [-0.2, 0) is 4.79 Å². The number of amides is 1. The van der Waals surface area contributed by atoms with Crippen LogP contribution in [0.5, 0.6) is 0 Å². The standard InChI is InChI=1S/C15H13BrClNO/c16-12-5-1-10(2-6-12)14(9-15(18)19)11-3-7-13(17)8-4-11/h1-8,14H,9H2,(H2,18,19). The molecule has 2 N–H and O–H groups in total. The normalized spacial score (nSPS) is 12.1. The number of nitrogens with two attached hydrogens (primary N) is 1. The Morgan fingerprint density at radius 1 is 1.05 bits per heavy atom. The van der Waals surface area contributed by atoms with Crippen LogP contribution in [0.25, 0.3) is 0 Å². The lowest BCUT2D eigenvalue weighted by Crippen LogP contribution is -2.16. The quantitative estimate of drug-likeness (QED) is 0.895. The summed E-state index contributed by atoms with van der Waals surface area (Å²) in [4.78, 5) is 11.3. The minimum atomic E-state index is -0.317. The first kappa shape index (κ1) is 14.1. The highest BCUT2D eigenvalue weighted by molar-refractivity contribution is 9.10. The lowest BCUT2D eigenvalue weighted by Gasteiger charge is -2.16. The van der Waals surface area contributed by atoms with Crippen LogP contribution in [0.3, 0.4) is 0 Å². The van der Waals surface area contributed by atoms with Gasteiger partial charge in [-0.3, -0.25) is 4.79 Å². The minimum absolute atomic E-state index is 0.0390. The molecular weight excluding hydrogens is 326 g/mol. The second-order valence-corrected chi connectivity index (χ2v) is 5.68. The van der Waals surface area contributed by atoms with Crippen molar-refractivity contribution in [2.24, 2.45) is 5.73 Å². The summed E-state index contributed by atoms with van der Waals surface area (Å²) in [6.07, 6.45) is 0.281. The van der Waals surface area contributed by atoms with Gasteiger partial charge < -0.3 is 5.73 Å². The molecule has 1 atom stereocenters. The van der Waals surface area contributed by atoms with Gasteiger partial charge in [-0.05, 0) is 35.4 Å². The van der Waals surface area contributed by atoms with Crippen LogP contribution >= 0.6 is 27.5 Å². The number of benzene rings is 2. The van der Waals surface area contributed by atoms with Crippen LogP contribution in [0.15, 0.2) is 53.0 Å². The molecule has 0 aliphatic rings. The molecular formula is C15H13BrClNO. The molecule has 1 unspecified atom stereocenters. The first-order valence-corrected chi connectivity index (χ1v) is 7.02. The Labute approximate surface area is 125 Å². The SMILES string of the molecule is NC(=O)CC(c1ccc(Cl)cc1)c1ccc(Br)cc1. The fraction of sp³-hybridized carbons (Fsp3) is 0.133. The maximum Gasteiger partial charge on any atom is 0.218 e. The number of hydrogen-bond acceptors (Lipinski definition) is 1. The number of primary amides is 1. The van der Waals surface area contributed by atoms with Crippen molar-refractivity contribution in [2.75, 3.05) is 0 Å². The summed E-state index contributed by atoms with van der Waals surface area (Å²) < 4.78 is 1.00. The molecule has 0 radical (unpaired) electrons. The molecule has 2 rings (SSSR count). The van der Waals surface area contributed by atoms with E-state index in [1.54, 1.807) is 0 Å². The summed E-state index contributed by atoms with van der Waals surface area (Å²) >= 11 is 9.29. The molecule has 2 aromatic carbocycles. The van der Waals surface area contributed by atoms with E-state index < -0.39 is 0 Å². The lowest BCUT2D eigenvalue weighted by atomic mass is 9.88. The third kappa shape index (κ3) is 3.82. The molecule has 0 bridgehead atoms. The number of carbonyl (C=O) groups excluding carboxylic acids is 1. The first-order valence-electron chi connectivity index (χ1n) is 5.85. The third-order valence-corrected chi connectivity index (χ3v) is 3.73. The fourth-order valence-electron chi connectivity index (χ4n) is 2.02. The Bertz CT molecular complexity index is 520. The Morgan fingerprint density at radius 3 is 2.00 bits per heavy atom. The Hall–Kier alpha value is -1.32. The van der Waals surface area contributed by atoms with Crippen molar-refractivity contribution >= 4 is 33.4 Å². The molecule has 0 aliphatic carbocycles. The Kier molecular flexibility index (Phi) is 4.61. The first-order chi connectivity index (χ1) is 9.06. The molecule has 0 fully saturated rings. The molecule has 4 heteroatoms. The molecule has 0 heterocycles. The van der Waals surface area contributed by atoms with Gasteiger partial charge in [0.15, 0.2) is 0 Å². The van der Waals surface area contributed by atoms with Crippen LogP contribution in [-0.4, -0.2) is 5.91 Å². The molecule has 0 spiro atoms. The van der Waals surface area contributed by atoms with E-state index in [2.05, 4.69) is 15.9 Å². The Balaban J connectivity index is 2.37. The minimum Gasteiger partial charge on any atom is -0.370 e. The van der Waals surface area contributed by atoms with Gasteiger partial charge in [-0.2, -0.15) is 0 Å². The van der Waals surface area contributed by atoms with Gasteiger partial charge in [0.1, 0.15) is 0 Å². The van der Waals surface area contributed by atoms with Crippen LogP contribution in [0.1, 0.15) is 23.5 Å². The fourth-order valence-corrected chi connectivity index (χ4v) is 2.41. The van der Waals surface area contributed by atoms with E-state index in [0.29, 0.717) is 5.02 Å². The van der Waals surface area contributed by atoms with E-state index in [4.69, 9.17) is 17.3 Å². The van der Waals surface area contributed by atoms with Crippen LogP contribution in [0, 0.1) is 0 Å². The molecule has 2 aromatic rings. The molecule has 0 aromatic heterocycles. The lowest BCUT2D eigenvalue weighted by molar-refractivity contribution is -0.118. The third-order valence-electron chi connectivity index (χ3n) is 2.95. The summed E-state index contributed by atoms with van der Waals surface area (Å²) in [5.74, 6) is -0.356. The zero-order valence-electron chi connectivity index (χ0n) is 10.1. The molecule has 0 aliphatic heterocycles. The van der Waals surface area contributed by atoms with Gasteiger partial charge in [0.05, 0.1) is 0 Å². The summed E-state index contributed by atoms with van der Waals surface area (Å²) in [5.41, 5.74) is 7.45. The van der Waals surface area contributed by atoms with Gasteiger partial charge >= 0.3 is 0 Å². The second-order valence-electron chi connectivity index (χ2n) is 4.33. The van der Waals surface area contributed by atoms with Crippen molar-refractivity contribution in [1.29, 1.82) is 0 Å². The van der Waals surface area contributed by atoms with Gasteiger partial charge in [-0.25, -0.2) is 0 Å². The average Bonchev–Trinajstić information content (AvgIpc) is 2.38. The molecule has 0 saturated heterocycles. The molecule has 0 saturated carbocycles. The van der Waals surface area contributed by atoms with Crippen molar-refractivity contribution in [3.8, 4) is 0 Å². The van der Waals surface area contributed by atoms with Crippen molar-refractivity contribution in [1.82, 2.24) is 0 Å². The zero-order chi connectivity index (χ0) is 13.8. The van der Waals surface area contributed by atoms with E-state index in [1.807, 2.05) is 48.5 Å². The maximum atomic E-state index is 11.3. The molecule has 98 valence electrons. The zero-order valence-corrected chi connectivity index (χ0v) is 12.5. The van der Waals surface area contributed by atoms with Crippen molar-refractivity contribution in [3.63, 3.8) is 0 Å². The Morgan fingerprint density at radius 2 is 1.53 bits per heavy atom. The van der Waals surface area contributed by atoms with E-state index in [1.165, 1.54) is 0 Å². The van der Waals surface area contributed by atoms with Gasteiger partial charge in [-0.1, -0.05) is 51.8 Å². The monoisotopic (exact) mass is 337 g/mol. The van der Waals surface area contributed by atoms with Crippen molar-refractivity contribution in [2.45, 2.75) is 12.3 Å². The predicted molar refractivity (Wildman–Crippen MR) is 81.2 cm³/mol. The highest BCUT2D eigenvalue weighted by Gasteiger charge is 2.16. The highest BCUT2D eigenvalue weighted by atomic mass is 79.9. The smallest absolute Gasteiger partial charge is 0.218 e. The predicted octanol–water partition coefficient (Wildman–Crippen LogP) is 4.11. The average molecular weight is 339 g/mol. The van der Waals surface area contributed by atoms with Crippen LogP contribution < -0.4 is 5.73 Å². The topological polar surface area (TPSA) is 43.1 Å². The van der Waals surface area contributed by atoms with Crippen LogP contribution in [0.4, 0.5) is 0 Å². The van der Waals surface area contributed by atoms with E-state index in [-0.39, 0.29) is 18.2 Å². The van der Waals surface area contributed by atoms with E-state index in [9.17, 15) is 4.79 Å². The number of halogens is 2. The van der Waals surface area contributed by atoms with E-state index in [0.717, 1.165) is 15.6 Å². The van der Waals surface area contributed by atoms with Gasteiger partial charge in [0.25, 0.3) is 0 Å². The maximum absolute atomic E-state index is 11.3. The number of carbonyl (C=O) groups is 1. The van der Waals surface area contributed by atoms with Crippen molar-refractivity contribution in [3.05, 3.63) is 69.2 Å². The molecule has 19 heavy (non-hydrogen) atoms. The number of hydrogen-bond donors (Lipinski definition) is 1. The summed E-state index contributed by atoms with van der Waals surface area (Å²) in [6.45, 7) is 0. The summed E-state index contributed by atoms with van der Waals surface area (Å²) in [5, 5.41) is 0.678. The second kappa shape index (κ2) is 6.22.